The molecule has 0 saturated carbocycles. The van der Waals surface area contributed by atoms with Crippen molar-refractivity contribution < 1.29 is 26.8 Å². The Kier molecular flexibility index (Phi) is 10.2. The molecule has 0 rings (SSSR count). The number of quaternary nitrogens is 1. The minimum Gasteiger partial charge on any atom is -1.00 e. The Bertz CT molecular complexity index is 258. The van der Waals surface area contributed by atoms with Crippen LogP contribution in [0.5, 0.6) is 0 Å². The Hall–Kier alpha value is -0.620. The highest BCUT2D eigenvalue weighted by molar-refractivity contribution is 5.71. The molecule has 0 heterocycles. The second kappa shape index (κ2) is 9.33. The topological polar surface area (TPSA) is 52.6 Å². The molecule has 0 spiro atoms. The lowest BCUT2D eigenvalue weighted by Crippen LogP contribution is -3.00. The molecule has 108 valence electrons. The molecule has 6 heteroatoms. The first-order chi connectivity index (χ1) is 7.81. The molecule has 0 bridgehead atoms. The van der Waals surface area contributed by atoms with E-state index in [0.717, 1.165) is 13.0 Å². The molecule has 0 aromatic carbocycles. The number of likely N-dealkylation sites (N-methyl/N-ethyl adjacent to an activating group) is 1. The predicted molar refractivity (Wildman–Crippen MR) is 69.8 cm³/mol. The monoisotopic (exact) mass is 279 g/mol. The Morgan fingerprint density at radius 2 is 2.06 bits per heavy atom. The Labute approximate surface area is 116 Å². The van der Waals surface area contributed by atoms with Gasteiger partial charge >= 0.3 is 5.97 Å². The SMILES string of the molecule is C=CC[N+](C)(C)C(NCCCN(C)C)C(=O)O.[Cl-]. The van der Waals surface area contributed by atoms with Crippen LogP contribution in [0.3, 0.4) is 0 Å². The quantitative estimate of drug-likeness (QED) is 0.207. The Balaban J connectivity index is 0. The molecule has 0 radical (unpaired) electrons. The predicted octanol–water partition coefficient (Wildman–Crippen LogP) is -2.80. The third kappa shape index (κ3) is 7.66. The fraction of sp³-hybridized carbons (Fsp3) is 0.750. The number of halogens is 1. The largest absolute Gasteiger partial charge is 1.00 e. The molecule has 1 unspecified atom stereocenters. The van der Waals surface area contributed by atoms with Gasteiger partial charge in [0.25, 0.3) is 0 Å². The molecule has 0 aromatic heterocycles. The molecule has 0 aliphatic rings. The number of rotatable bonds is 9. The second-order valence-electron chi connectivity index (χ2n) is 5.10. The van der Waals surface area contributed by atoms with Crippen LogP contribution in [0.1, 0.15) is 6.42 Å². The molecule has 5 nitrogen and oxygen atoms in total. The number of carbonyl (C=O) groups is 1. The zero-order valence-electron chi connectivity index (χ0n) is 11.8. The van der Waals surface area contributed by atoms with Crippen molar-refractivity contribution in [2.75, 3.05) is 47.8 Å². The van der Waals surface area contributed by atoms with E-state index >= 15 is 0 Å². The summed E-state index contributed by atoms with van der Waals surface area (Å²) in [6.45, 7) is 5.94. The third-order valence-corrected chi connectivity index (χ3v) is 2.65. The fourth-order valence-electron chi connectivity index (χ4n) is 1.71. The lowest BCUT2D eigenvalue weighted by molar-refractivity contribution is -0.904. The molecule has 0 aromatic rings. The smallest absolute Gasteiger partial charge is 0.379 e. The maximum Gasteiger partial charge on any atom is 0.379 e. The normalized spacial score (nSPS) is 12.9. The third-order valence-electron chi connectivity index (χ3n) is 2.65. The Morgan fingerprint density at radius 1 is 1.50 bits per heavy atom. The summed E-state index contributed by atoms with van der Waals surface area (Å²) in [7, 11) is 7.79. The van der Waals surface area contributed by atoms with E-state index in [-0.39, 0.29) is 12.4 Å². The van der Waals surface area contributed by atoms with Crippen LogP contribution in [-0.4, -0.2) is 74.4 Å². The van der Waals surface area contributed by atoms with Crippen molar-refractivity contribution in [2.45, 2.75) is 12.6 Å². The lowest BCUT2D eigenvalue weighted by atomic mass is 10.3. The molecule has 0 saturated heterocycles. The highest BCUT2D eigenvalue weighted by Crippen LogP contribution is 2.05. The van der Waals surface area contributed by atoms with Crippen molar-refractivity contribution in [3.05, 3.63) is 12.7 Å². The number of nitrogens with one attached hydrogen (secondary N) is 1. The lowest BCUT2D eigenvalue weighted by Gasteiger charge is -2.34. The van der Waals surface area contributed by atoms with Crippen molar-refractivity contribution in [2.24, 2.45) is 0 Å². The first-order valence-electron chi connectivity index (χ1n) is 5.85. The maximum absolute atomic E-state index is 11.2. The summed E-state index contributed by atoms with van der Waals surface area (Å²) < 4.78 is 0.362. The summed E-state index contributed by atoms with van der Waals surface area (Å²) in [6.07, 6.45) is 2.10. The van der Waals surface area contributed by atoms with Gasteiger partial charge < -0.3 is 26.9 Å². The molecule has 0 aliphatic heterocycles. The second-order valence-corrected chi connectivity index (χ2v) is 5.10. The first kappa shape index (κ1) is 19.7. The highest BCUT2D eigenvalue weighted by atomic mass is 35.5. The molecule has 2 N–H and O–H groups in total. The molecular formula is C12H26ClN3O2. The molecule has 0 amide bonds. The maximum atomic E-state index is 11.2. The van der Waals surface area contributed by atoms with Gasteiger partial charge in [-0.05, 0) is 33.1 Å². The molecule has 18 heavy (non-hydrogen) atoms. The van der Waals surface area contributed by atoms with Gasteiger partial charge in [0.15, 0.2) is 0 Å². The molecular weight excluding hydrogens is 254 g/mol. The van der Waals surface area contributed by atoms with Crippen molar-refractivity contribution in [1.82, 2.24) is 10.2 Å². The number of hydrogen-bond donors (Lipinski definition) is 2. The van der Waals surface area contributed by atoms with Gasteiger partial charge in [0.2, 0.25) is 6.17 Å². The van der Waals surface area contributed by atoms with Gasteiger partial charge in [0.1, 0.15) is 0 Å². The van der Waals surface area contributed by atoms with Crippen molar-refractivity contribution >= 4 is 5.97 Å². The molecule has 0 aliphatic carbocycles. The van der Waals surface area contributed by atoms with Crippen molar-refractivity contribution in [3.8, 4) is 0 Å². The summed E-state index contributed by atoms with van der Waals surface area (Å²) in [5.41, 5.74) is 0. The molecule has 1 atom stereocenters. The van der Waals surface area contributed by atoms with Gasteiger partial charge in [0, 0.05) is 6.54 Å². The Morgan fingerprint density at radius 3 is 2.44 bits per heavy atom. The average Bonchev–Trinajstić information content (AvgIpc) is 2.15. The summed E-state index contributed by atoms with van der Waals surface area (Å²) in [5, 5.41) is 12.3. The van der Waals surface area contributed by atoms with E-state index < -0.39 is 12.1 Å². The van der Waals surface area contributed by atoms with Crippen LogP contribution in [-0.2, 0) is 4.79 Å². The summed E-state index contributed by atoms with van der Waals surface area (Å²) in [6, 6.07) is 0. The van der Waals surface area contributed by atoms with Crippen LogP contribution in [0.15, 0.2) is 12.7 Å². The van der Waals surface area contributed by atoms with Crippen molar-refractivity contribution in [3.63, 3.8) is 0 Å². The number of carboxylic acids is 1. The van der Waals surface area contributed by atoms with E-state index in [1.165, 1.54) is 0 Å². The van der Waals surface area contributed by atoms with Crippen LogP contribution in [0.2, 0.25) is 0 Å². The van der Waals surface area contributed by atoms with Crippen LogP contribution < -0.4 is 17.7 Å². The van der Waals surface area contributed by atoms with Gasteiger partial charge in [-0.25, -0.2) is 4.79 Å². The highest BCUT2D eigenvalue weighted by Gasteiger charge is 2.33. The summed E-state index contributed by atoms with van der Waals surface area (Å²) in [5.74, 6) is -0.818. The van der Waals surface area contributed by atoms with Crippen LogP contribution in [0.4, 0.5) is 0 Å². The fourth-order valence-corrected chi connectivity index (χ4v) is 1.71. The van der Waals surface area contributed by atoms with Gasteiger partial charge in [0.05, 0.1) is 20.6 Å². The van der Waals surface area contributed by atoms with E-state index in [1.807, 2.05) is 28.2 Å². The van der Waals surface area contributed by atoms with E-state index in [9.17, 15) is 9.90 Å². The van der Waals surface area contributed by atoms with Crippen molar-refractivity contribution in [1.29, 1.82) is 0 Å². The summed E-state index contributed by atoms with van der Waals surface area (Å²) >= 11 is 0. The minimum absolute atomic E-state index is 0. The number of nitrogens with zero attached hydrogens (tertiary/aromatic N) is 2. The van der Waals surface area contributed by atoms with Crippen LogP contribution in [0.25, 0.3) is 0 Å². The molecule has 0 fully saturated rings. The van der Waals surface area contributed by atoms with Gasteiger partial charge in [-0.15, -0.1) is 0 Å². The van der Waals surface area contributed by atoms with Gasteiger partial charge in [-0.3, -0.25) is 5.32 Å². The zero-order chi connectivity index (χ0) is 13.5. The first-order valence-corrected chi connectivity index (χ1v) is 5.85. The van der Waals surface area contributed by atoms with E-state index in [0.29, 0.717) is 17.6 Å². The number of hydrogen-bond acceptors (Lipinski definition) is 3. The van der Waals surface area contributed by atoms with E-state index in [2.05, 4.69) is 16.8 Å². The summed E-state index contributed by atoms with van der Waals surface area (Å²) in [4.78, 5) is 13.3. The van der Waals surface area contributed by atoms with Crippen LogP contribution in [0, 0.1) is 0 Å². The van der Waals surface area contributed by atoms with Gasteiger partial charge in [-0.1, -0.05) is 6.58 Å². The standard InChI is InChI=1S/C12H25N3O2.ClH/c1-6-10-15(4,5)11(12(16)17)13-8-7-9-14(2)3;/h6,11,13H,1,7-10H2,2-5H3;1H. The number of aliphatic carboxylic acids is 1. The number of carboxylic acid groups (broad SMARTS) is 1. The average molecular weight is 280 g/mol. The zero-order valence-corrected chi connectivity index (χ0v) is 12.6. The van der Waals surface area contributed by atoms with Gasteiger partial charge in [-0.2, -0.15) is 0 Å². The van der Waals surface area contributed by atoms with E-state index in [1.54, 1.807) is 6.08 Å². The minimum atomic E-state index is -0.818. The van der Waals surface area contributed by atoms with Crippen LogP contribution >= 0.6 is 0 Å². The van der Waals surface area contributed by atoms with E-state index in [4.69, 9.17) is 0 Å².